The maximum Gasteiger partial charge on any atom is 0.191 e. The number of hydrogen-bond acceptors (Lipinski definition) is 2. The van der Waals surface area contributed by atoms with Crippen molar-refractivity contribution < 1.29 is 0 Å². The number of benzene rings is 1. The lowest BCUT2D eigenvalue weighted by Gasteiger charge is -2.31. The number of piperidine rings is 1. The molecular formula is C17H28N4. The summed E-state index contributed by atoms with van der Waals surface area (Å²) in [6, 6.07) is 8.48. The Bertz CT molecular complexity index is 481. The summed E-state index contributed by atoms with van der Waals surface area (Å²) in [4.78, 5) is 9.03. The van der Waals surface area contributed by atoms with E-state index in [2.05, 4.69) is 60.1 Å². The summed E-state index contributed by atoms with van der Waals surface area (Å²) < 4.78 is 0. The molecular weight excluding hydrogens is 260 g/mol. The van der Waals surface area contributed by atoms with Gasteiger partial charge < -0.3 is 15.5 Å². The van der Waals surface area contributed by atoms with Gasteiger partial charge in [0.25, 0.3) is 0 Å². The molecule has 1 fully saturated rings. The standard InChI is InChI=1S/C17H28N4/c1-14-7-6-10-21(12-14)17(18)19-11-15-8-4-5-9-16(15)13-20(2)3/h4-5,8-9,14H,6-7,10-13H2,1-3H3,(H2,18,19). The van der Waals surface area contributed by atoms with Crippen LogP contribution in [0.1, 0.15) is 30.9 Å². The first-order valence-electron chi connectivity index (χ1n) is 7.82. The summed E-state index contributed by atoms with van der Waals surface area (Å²) in [5.41, 5.74) is 8.76. The first-order chi connectivity index (χ1) is 10.1. The Morgan fingerprint density at radius 1 is 1.33 bits per heavy atom. The van der Waals surface area contributed by atoms with Crippen molar-refractivity contribution in [3.63, 3.8) is 0 Å². The van der Waals surface area contributed by atoms with Crippen LogP contribution < -0.4 is 5.73 Å². The molecule has 0 bridgehead atoms. The minimum absolute atomic E-state index is 0.667. The molecule has 2 N–H and O–H groups in total. The quantitative estimate of drug-likeness (QED) is 0.683. The molecule has 1 aromatic carbocycles. The summed E-state index contributed by atoms with van der Waals surface area (Å²) in [6.07, 6.45) is 2.52. The largest absolute Gasteiger partial charge is 0.370 e. The van der Waals surface area contributed by atoms with Crippen molar-refractivity contribution in [1.82, 2.24) is 9.80 Å². The van der Waals surface area contributed by atoms with Crippen LogP contribution in [-0.4, -0.2) is 42.9 Å². The van der Waals surface area contributed by atoms with Gasteiger partial charge >= 0.3 is 0 Å². The zero-order valence-corrected chi connectivity index (χ0v) is 13.5. The number of nitrogens with two attached hydrogens (primary N) is 1. The summed E-state index contributed by atoms with van der Waals surface area (Å²) in [5, 5.41) is 0. The van der Waals surface area contributed by atoms with Gasteiger partial charge in [0.15, 0.2) is 5.96 Å². The number of guanidine groups is 1. The fraction of sp³-hybridized carbons (Fsp3) is 0.588. The molecule has 4 heteroatoms. The first-order valence-corrected chi connectivity index (χ1v) is 7.82. The Hall–Kier alpha value is -1.55. The fourth-order valence-corrected chi connectivity index (χ4v) is 2.87. The van der Waals surface area contributed by atoms with Crippen LogP contribution >= 0.6 is 0 Å². The highest BCUT2D eigenvalue weighted by molar-refractivity contribution is 5.78. The molecule has 1 saturated heterocycles. The van der Waals surface area contributed by atoms with Crippen molar-refractivity contribution in [2.24, 2.45) is 16.6 Å². The molecule has 1 atom stereocenters. The van der Waals surface area contributed by atoms with Gasteiger partial charge in [-0.05, 0) is 44.0 Å². The Morgan fingerprint density at radius 2 is 2.05 bits per heavy atom. The van der Waals surface area contributed by atoms with E-state index in [1.807, 2.05) is 0 Å². The van der Waals surface area contributed by atoms with Gasteiger partial charge in [-0.15, -0.1) is 0 Å². The molecule has 2 rings (SSSR count). The highest BCUT2D eigenvalue weighted by Crippen LogP contribution is 2.16. The number of rotatable bonds is 4. The predicted octanol–water partition coefficient (Wildman–Crippen LogP) is 2.29. The molecule has 0 aliphatic carbocycles. The second-order valence-electron chi connectivity index (χ2n) is 6.37. The van der Waals surface area contributed by atoms with Gasteiger partial charge in [0.05, 0.1) is 6.54 Å². The predicted molar refractivity (Wildman–Crippen MR) is 89.1 cm³/mol. The molecule has 0 saturated carbocycles. The molecule has 1 aromatic rings. The number of nitrogens with zero attached hydrogens (tertiary/aromatic N) is 3. The van der Waals surface area contributed by atoms with E-state index < -0.39 is 0 Å². The third-order valence-electron chi connectivity index (χ3n) is 4.00. The van der Waals surface area contributed by atoms with Crippen LogP contribution in [0.2, 0.25) is 0 Å². The van der Waals surface area contributed by atoms with Crippen LogP contribution in [0.4, 0.5) is 0 Å². The molecule has 1 aliphatic rings. The Balaban J connectivity index is 2.02. The number of likely N-dealkylation sites (tertiary alicyclic amines) is 1. The van der Waals surface area contributed by atoms with E-state index in [9.17, 15) is 0 Å². The second kappa shape index (κ2) is 7.46. The highest BCUT2D eigenvalue weighted by atomic mass is 15.3. The average Bonchev–Trinajstić information content (AvgIpc) is 2.45. The van der Waals surface area contributed by atoms with E-state index in [1.54, 1.807) is 0 Å². The Morgan fingerprint density at radius 3 is 2.71 bits per heavy atom. The smallest absolute Gasteiger partial charge is 0.191 e. The maximum atomic E-state index is 6.18. The van der Waals surface area contributed by atoms with E-state index in [0.29, 0.717) is 18.4 Å². The van der Waals surface area contributed by atoms with Crippen LogP contribution in [0.5, 0.6) is 0 Å². The van der Waals surface area contributed by atoms with Crippen molar-refractivity contribution in [3.8, 4) is 0 Å². The molecule has 1 heterocycles. The van der Waals surface area contributed by atoms with E-state index in [-0.39, 0.29) is 0 Å². The van der Waals surface area contributed by atoms with Gasteiger partial charge in [-0.3, -0.25) is 0 Å². The second-order valence-corrected chi connectivity index (χ2v) is 6.37. The van der Waals surface area contributed by atoms with Crippen LogP contribution in [0.15, 0.2) is 29.3 Å². The summed E-state index contributed by atoms with van der Waals surface area (Å²) in [7, 11) is 4.17. The minimum Gasteiger partial charge on any atom is -0.370 e. The molecule has 21 heavy (non-hydrogen) atoms. The van der Waals surface area contributed by atoms with E-state index in [0.717, 1.165) is 19.6 Å². The number of hydrogen-bond donors (Lipinski definition) is 1. The zero-order chi connectivity index (χ0) is 15.2. The maximum absolute atomic E-state index is 6.18. The monoisotopic (exact) mass is 288 g/mol. The normalized spacial score (nSPS) is 20.1. The minimum atomic E-state index is 0.667. The highest BCUT2D eigenvalue weighted by Gasteiger charge is 2.17. The fourth-order valence-electron chi connectivity index (χ4n) is 2.87. The van der Waals surface area contributed by atoms with Crippen LogP contribution in [0.3, 0.4) is 0 Å². The van der Waals surface area contributed by atoms with Crippen molar-refractivity contribution >= 4 is 5.96 Å². The summed E-state index contributed by atoms with van der Waals surface area (Å²) >= 11 is 0. The van der Waals surface area contributed by atoms with Crippen molar-refractivity contribution in [3.05, 3.63) is 35.4 Å². The van der Waals surface area contributed by atoms with Gasteiger partial charge in [-0.2, -0.15) is 0 Å². The molecule has 4 nitrogen and oxygen atoms in total. The molecule has 0 spiro atoms. The van der Waals surface area contributed by atoms with Gasteiger partial charge in [0, 0.05) is 19.6 Å². The van der Waals surface area contributed by atoms with Crippen LogP contribution in [-0.2, 0) is 13.1 Å². The van der Waals surface area contributed by atoms with E-state index >= 15 is 0 Å². The Kier molecular flexibility index (Phi) is 5.62. The third-order valence-corrected chi connectivity index (χ3v) is 4.00. The van der Waals surface area contributed by atoms with E-state index in [1.165, 1.54) is 24.0 Å². The first kappa shape index (κ1) is 15.8. The molecule has 0 amide bonds. The Labute approximate surface area is 128 Å². The molecule has 116 valence electrons. The van der Waals surface area contributed by atoms with Crippen LogP contribution in [0, 0.1) is 5.92 Å². The van der Waals surface area contributed by atoms with Crippen molar-refractivity contribution in [1.29, 1.82) is 0 Å². The zero-order valence-electron chi connectivity index (χ0n) is 13.5. The topological polar surface area (TPSA) is 44.9 Å². The lowest BCUT2D eigenvalue weighted by atomic mass is 10.0. The average molecular weight is 288 g/mol. The lowest BCUT2D eigenvalue weighted by molar-refractivity contribution is 0.270. The molecule has 1 aliphatic heterocycles. The molecule has 1 unspecified atom stereocenters. The van der Waals surface area contributed by atoms with E-state index in [4.69, 9.17) is 5.73 Å². The van der Waals surface area contributed by atoms with Gasteiger partial charge in [-0.1, -0.05) is 31.2 Å². The molecule has 0 radical (unpaired) electrons. The van der Waals surface area contributed by atoms with Gasteiger partial charge in [0.1, 0.15) is 0 Å². The lowest BCUT2D eigenvalue weighted by Crippen LogP contribution is -2.43. The van der Waals surface area contributed by atoms with Crippen molar-refractivity contribution in [2.45, 2.75) is 32.9 Å². The van der Waals surface area contributed by atoms with Crippen molar-refractivity contribution in [2.75, 3.05) is 27.2 Å². The number of aliphatic imine (C=N–C) groups is 1. The molecule has 0 aromatic heterocycles. The SMILES string of the molecule is CC1CCCN(C(N)=NCc2ccccc2CN(C)C)C1. The van der Waals surface area contributed by atoms with Crippen LogP contribution in [0.25, 0.3) is 0 Å². The third kappa shape index (κ3) is 4.74. The van der Waals surface area contributed by atoms with Gasteiger partial charge in [-0.25, -0.2) is 4.99 Å². The summed E-state index contributed by atoms with van der Waals surface area (Å²) in [6.45, 7) is 5.96. The summed E-state index contributed by atoms with van der Waals surface area (Å²) in [5.74, 6) is 1.41. The van der Waals surface area contributed by atoms with Gasteiger partial charge in [0.2, 0.25) is 0 Å².